The fourth-order valence-corrected chi connectivity index (χ4v) is 1.87. The maximum absolute atomic E-state index is 5.20. The molecule has 2 rings (SSSR count). The van der Waals surface area contributed by atoms with Crippen molar-refractivity contribution in [3.63, 3.8) is 0 Å². The molecule has 1 fully saturated rings. The molecular formula is C11H17N3O. The van der Waals surface area contributed by atoms with E-state index in [0.29, 0.717) is 6.04 Å². The van der Waals surface area contributed by atoms with Gasteiger partial charge in [-0.25, -0.2) is 4.98 Å². The van der Waals surface area contributed by atoms with Crippen molar-refractivity contribution in [3.8, 4) is 5.75 Å². The summed E-state index contributed by atoms with van der Waals surface area (Å²) in [5.41, 5.74) is 0. The second-order valence-electron chi connectivity index (χ2n) is 3.80. The largest absolute Gasteiger partial charge is 0.497 e. The first-order chi connectivity index (χ1) is 7.31. The third-order valence-electron chi connectivity index (χ3n) is 2.75. The lowest BCUT2D eigenvalue weighted by atomic mass is 10.2. The van der Waals surface area contributed by atoms with Crippen LogP contribution in [0.3, 0.4) is 0 Å². The Morgan fingerprint density at radius 1 is 1.60 bits per heavy atom. The molecule has 1 aromatic heterocycles. The number of pyridine rings is 1. The molecule has 0 aliphatic carbocycles. The van der Waals surface area contributed by atoms with Crippen molar-refractivity contribution in [1.82, 2.24) is 10.3 Å². The first-order valence-corrected chi connectivity index (χ1v) is 5.28. The topological polar surface area (TPSA) is 37.4 Å². The van der Waals surface area contributed by atoms with Gasteiger partial charge in [-0.2, -0.15) is 0 Å². The van der Waals surface area contributed by atoms with Crippen LogP contribution in [-0.2, 0) is 0 Å². The van der Waals surface area contributed by atoms with E-state index < -0.39 is 0 Å². The van der Waals surface area contributed by atoms with Crippen molar-refractivity contribution in [2.75, 3.05) is 31.6 Å². The van der Waals surface area contributed by atoms with Gasteiger partial charge in [0.15, 0.2) is 0 Å². The summed E-state index contributed by atoms with van der Waals surface area (Å²) in [4.78, 5) is 6.68. The van der Waals surface area contributed by atoms with Gasteiger partial charge in [0.25, 0.3) is 0 Å². The number of methoxy groups -OCH3 is 1. The maximum Gasteiger partial charge on any atom is 0.132 e. The van der Waals surface area contributed by atoms with Gasteiger partial charge < -0.3 is 15.0 Å². The molecule has 0 aromatic carbocycles. The smallest absolute Gasteiger partial charge is 0.132 e. The second kappa shape index (κ2) is 4.49. The summed E-state index contributed by atoms with van der Waals surface area (Å²) >= 11 is 0. The highest BCUT2D eigenvalue weighted by Crippen LogP contribution is 2.20. The van der Waals surface area contributed by atoms with Crippen LogP contribution >= 0.6 is 0 Å². The number of nitrogens with one attached hydrogen (secondary N) is 1. The summed E-state index contributed by atoms with van der Waals surface area (Å²) in [6, 6.07) is 4.34. The monoisotopic (exact) mass is 207 g/mol. The third kappa shape index (κ3) is 2.21. The Labute approximate surface area is 90.3 Å². The Bertz CT molecular complexity index is 329. The van der Waals surface area contributed by atoms with Gasteiger partial charge >= 0.3 is 0 Å². The van der Waals surface area contributed by atoms with Gasteiger partial charge in [-0.1, -0.05) is 0 Å². The molecule has 4 nitrogen and oxygen atoms in total. The predicted molar refractivity (Wildman–Crippen MR) is 60.5 cm³/mol. The summed E-state index contributed by atoms with van der Waals surface area (Å²) in [6.07, 6.45) is 1.79. The number of nitrogens with zero attached hydrogens (tertiary/aromatic N) is 2. The number of hydrogen-bond acceptors (Lipinski definition) is 4. The molecule has 15 heavy (non-hydrogen) atoms. The van der Waals surface area contributed by atoms with Gasteiger partial charge in [0.05, 0.1) is 7.11 Å². The van der Waals surface area contributed by atoms with Crippen molar-refractivity contribution < 1.29 is 4.74 Å². The minimum absolute atomic E-state index is 0.485. The van der Waals surface area contributed by atoms with E-state index in [0.717, 1.165) is 31.2 Å². The normalized spacial score (nSPS) is 21.5. The number of aromatic nitrogens is 1. The molecule has 0 radical (unpaired) electrons. The molecule has 1 N–H and O–H groups in total. The first kappa shape index (κ1) is 10.2. The fraction of sp³-hybridized carbons (Fsp3) is 0.545. The van der Waals surface area contributed by atoms with E-state index in [9.17, 15) is 0 Å². The quantitative estimate of drug-likeness (QED) is 0.781. The van der Waals surface area contributed by atoms with Gasteiger partial charge in [-0.05, 0) is 13.0 Å². The maximum atomic E-state index is 5.20. The van der Waals surface area contributed by atoms with Crippen LogP contribution in [-0.4, -0.2) is 37.8 Å². The third-order valence-corrected chi connectivity index (χ3v) is 2.75. The molecule has 1 atom stereocenters. The van der Waals surface area contributed by atoms with Crippen LogP contribution in [0.2, 0.25) is 0 Å². The average molecular weight is 207 g/mol. The Kier molecular flexibility index (Phi) is 3.06. The standard InChI is InChI=1S/C11H17N3O/c1-9-8-12-5-6-14(9)11-7-10(15-2)3-4-13-11/h3-4,7,9,12H,5-6,8H2,1-2H3. The van der Waals surface area contributed by atoms with Crippen LogP contribution < -0.4 is 15.0 Å². The van der Waals surface area contributed by atoms with Crippen molar-refractivity contribution in [2.24, 2.45) is 0 Å². The lowest BCUT2D eigenvalue weighted by Crippen LogP contribution is -2.50. The van der Waals surface area contributed by atoms with Crippen molar-refractivity contribution >= 4 is 5.82 Å². The summed E-state index contributed by atoms with van der Waals surface area (Å²) in [5, 5.41) is 3.36. The molecule has 82 valence electrons. The number of ether oxygens (including phenoxy) is 1. The summed E-state index contributed by atoms with van der Waals surface area (Å²) in [6.45, 7) is 5.23. The zero-order valence-electron chi connectivity index (χ0n) is 9.23. The summed E-state index contributed by atoms with van der Waals surface area (Å²) in [5.74, 6) is 1.87. The molecule has 4 heteroatoms. The molecule has 1 saturated heterocycles. The molecule has 2 heterocycles. The zero-order valence-corrected chi connectivity index (χ0v) is 9.23. The van der Waals surface area contributed by atoms with Gasteiger partial charge in [-0.3, -0.25) is 0 Å². The average Bonchev–Trinajstić information content (AvgIpc) is 2.30. The fourth-order valence-electron chi connectivity index (χ4n) is 1.87. The number of anilines is 1. The lowest BCUT2D eigenvalue weighted by molar-refractivity contribution is 0.413. The molecule has 0 bridgehead atoms. The molecule has 1 aromatic rings. The molecular weight excluding hydrogens is 190 g/mol. The SMILES string of the molecule is COc1ccnc(N2CCNCC2C)c1. The zero-order chi connectivity index (χ0) is 10.7. The van der Waals surface area contributed by atoms with Crippen LogP contribution in [0.25, 0.3) is 0 Å². The lowest BCUT2D eigenvalue weighted by Gasteiger charge is -2.34. The predicted octanol–water partition coefficient (Wildman–Crippen LogP) is 0.888. The van der Waals surface area contributed by atoms with Gasteiger partial charge in [0.1, 0.15) is 11.6 Å². The van der Waals surface area contributed by atoms with Crippen LogP contribution in [0.1, 0.15) is 6.92 Å². The summed E-state index contributed by atoms with van der Waals surface area (Å²) in [7, 11) is 1.68. The molecule has 0 spiro atoms. The highest BCUT2D eigenvalue weighted by Gasteiger charge is 2.19. The molecule has 1 aliphatic rings. The van der Waals surface area contributed by atoms with E-state index in [1.807, 2.05) is 12.1 Å². The van der Waals surface area contributed by atoms with Crippen LogP contribution in [0.5, 0.6) is 5.75 Å². The Balaban J connectivity index is 2.19. The van der Waals surface area contributed by atoms with E-state index in [1.165, 1.54) is 0 Å². The molecule has 0 amide bonds. The van der Waals surface area contributed by atoms with Crippen molar-refractivity contribution in [2.45, 2.75) is 13.0 Å². The number of hydrogen-bond donors (Lipinski definition) is 1. The Morgan fingerprint density at radius 2 is 2.47 bits per heavy atom. The minimum Gasteiger partial charge on any atom is -0.497 e. The highest BCUT2D eigenvalue weighted by molar-refractivity contribution is 5.45. The van der Waals surface area contributed by atoms with Gasteiger partial charge in [-0.15, -0.1) is 0 Å². The first-order valence-electron chi connectivity index (χ1n) is 5.28. The van der Waals surface area contributed by atoms with E-state index >= 15 is 0 Å². The highest BCUT2D eigenvalue weighted by atomic mass is 16.5. The molecule has 1 unspecified atom stereocenters. The Morgan fingerprint density at radius 3 is 3.20 bits per heavy atom. The number of piperazine rings is 1. The van der Waals surface area contributed by atoms with E-state index in [1.54, 1.807) is 13.3 Å². The van der Waals surface area contributed by atoms with Crippen LogP contribution in [0.4, 0.5) is 5.82 Å². The van der Waals surface area contributed by atoms with E-state index in [2.05, 4.69) is 22.1 Å². The molecule has 0 saturated carbocycles. The van der Waals surface area contributed by atoms with E-state index in [4.69, 9.17) is 4.74 Å². The van der Waals surface area contributed by atoms with E-state index in [-0.39, 0.29) is 0 Å². The van der Waals surface area contributed by atoms with Crippen molar-refractivity contribution in [3.05, 3.63) is 18.3 Å². The van der Waals surface area contributed by atoms with Gasteiger partial charge in [0.2, 0.25) is 0 Å². The van der Waals surface area contributed by atoms with Crippen molar-refractivity contribution in [1.29, 1.82) is 0 Å². The second-order valence-corrected chi connectivity index (χ2v) is 3.80. The molecule has 1 aliphatic heterocycles. The minimum atomic E-state index is 0.485. The van der Waals surface area contributed by atoms with Crippen LogP contribution in [0.15, 0.2) is 18.3 Å². The van der Waals surface area contributed by atoms with Gasteiger partial charge in [0, 0.05) is 37.9 Å². The number of rotatable bonds is 2. The Hall–Kier alpha value is -1.29. The van der Waals surface area contributed by atoms with Crippen LogP contribution in [0, 0.1) is 0 Å². The summed E-state index contributed by atoms with van der Waals surface area (Å²) < 4.78 is 5.20.